The molecule has 0 amide bonds. The molecule has 3 unspecified atom stereocenters. The van der Waals surface area contributed by atoms with Gasteiger partial charge in [0.2, 0.25) is 0 Å². The molecular formula is C27H53O3Si4+3. The second-order valence-electron chi connectivity index (χ2n) is 12.2. The highest BCUT2D eigenvalue weighted by Gasteiger charge is 2.78. The summed E-state index contributed by atoms with van der Waals surface area (Å²) in [6.45, 7) is 18.4. The number of hydrogen-bond donors (Lipinski definition) is 0. The molecular weight excluding hydrogens is 485 g/mol. The first-order valence-electron chi connectivity index (χ1n) is 14.3. The van der Waals surface area contributed by atoms with Crippen molar-refractivity contribution in [2.24, 2.45) is 0 Å². The molecule has 3 heterocycles. The van der Waals surface area contributed by atoms with Crippen LogP contribution >= 0.6 is 0 Å². The van der Waals surface area contributed by atoms with E-state index in [1.807, 2.05) is 0 Å². The Morgan fingerprint density at radius 1 is 0.588 bits per heavy atom. The third-order valence-electron chi connectivity index (χ3n) is 9.82. The minimum atomic E-state index is -2.59. The molecule has 0 aromatic heterocycles. The predicted molar refractivity (Wildman–Crippen MR) is 159 cm³/mol. The van der Waals surface area contributed by atoms with E-state index in [9.17, 15) is 0 Å². The molecule has 0 N–H and O–H groups in total. The van der Waals surface area contributed by atoms with Crippen LogP contribution in [0.1, 0.15) is 62.1 Å². The summed E-state index contributed by atoms with van der Waals surface area (Å²) in [6, 6.07) is 11.9. The van der Waals surface area contributed by atoms with E-state index >= 15 is 0 Å². The van der Waals surface area contributed by atoms with Gasteiger partial charge in [0.15, 0.2) is 8.07 Å². The van der Waals surface area contributed by atoms with Gasteiger partial charge in [0.25, 0.3) is 0 Å². The van der Waals surface area contributed by atoms with Gasteiger partial charge in [-0.1, -0.05) is 74.8 Å². The Hall–Kier alpha value is -0.0325. The summed E-state index contributed by atoms with van der Waals surface area (Å²) in [4.78, 5) is -0.0124. The summed E-state index contributed by atoms with van der Waals surface area (Å²) < 4.78 is 22.2. The van der Waals surface area contributed by atoms with Crippen LogP contribution in [0.5, 0.6) is 0 Å². The van der Waals surface area contributed by atoms with Crippen molar-refractivity contribution >= 4 is 39.7 Å². The maximum absolute atomic E-state index is 7.41. The lowest BCUT2D eigenvalue weighted by molar-refractivity contribution is -0.0412. The van der Waals surface area contributed by atoms with Crippen LogP contribution in [0.3, 0.4) is 0 Å². The second-order valence-corrected chi connectivity index (χ2v) is 28.2. The summed E-state index contributed by atoms with van der Waals surface area (Å²) in [5.74, 6) is 0. The van der Waals surface area contributed by atoms with E-state index < -0.39 is 34.5 Å². The van der Waals surface area contributed by atoms with Crippen LogP contribution in [0.4, 0.5) is 0 Å². The van der Waals surface area contributed by atoms with Crippen LogP contribution in [0.2, 0.25) is 39.3 Å². The van der Waals surface area contributed by atoms with Crippen LogP contribution in [-0.4, -0.2) is 68.8 Å². The van der Waals surface area contributed by atoms with Crippen LogP contribution in [0.15, 0.2) is 30.3 Å². The Labute approximate surface area is 219 Å². The molecule has 3 aliphatic heterocycles. The van der Waals surface area contributed by atoms with Crippen LogP contribution in [-0.2, 0) is 14.2 Å². The molecule has 3 fully saturated rings. The van der Waals surface area contributed by atoms with Gasteiger partial charge >= 0.3 is 4.28 Å². The first-order valence-corrected chi connectivity index (χ1v) is 24.9. The minimum absolute atomic E-state index is 0. The minimum Gasteiger partial charge on any atom is -0.381 e. The van der Waals surface area contributed by atoms with Gasteiger partial charge in [0.05, 0.1) is 40.9 Å². The maximum Gasteiger partial charge on any atom is 1.00 e. The summed E-state index contributed by atoms with van der Waals surface area (Å²) in [6.07, 6.45) is 11.2. The Morgan fingerprint density at radius 3 is 1.21 bits per heavy atom. The summed E-state index contributed by atoms with van der Waals surface area (Å²) in [7, 11) is -6.40. The van der Waals surface area contributed by atoms with Crippen LogP contribution in [0.25, 0.3) is 0 Å². The smallest absolute Gasteiger partial charge is 0.381 e. The van der Waals surface area contributed by atoms with E-state index in [0.29, 0.717) is 0 Å². The van der Waals surface area contributed by atoms with E-state index in [2.05, 4.69) is 69.6 Å². The maximum atomic E-state index is 7.41. The van der Waals surface area contributed by atoms with Crippen molar-refractivity contribution in [3.8, 4) is 0 Å². The molecule has 0 bridgehead atoms. The Bertz CT molecular complexity index is 721. The standard InChI is InChI=1S/C27H50O3Si4/c1-31(2)25(18-10-13-21-28-25)34(24-16-8-7-9-17-24,26(32(3)4)19-11-14-22-29-26)27(33(5)6)20-12-15-23-30-27/h7-9,16-17,31-33H,10-15,18-23H2,1-6H3/p+3. The average molecular weight is 538 g/mol. The van der Waals surface area contributed by atoms with Crippen molar-refractivity contribution in [3.05, 3.63) is 30.3 Å². The fraction of sp³-hybridized carbons (Fsp3) is 0.778. The summed E-state index contributed by atoms with van der Waals surface area (Å²) in [5.41, 5.74) is 0. The van der Waals surface area contributed by atoms with Crippen LogP contribution in [0, 0.1) is 0 Å². The zero-order chi connectivity index (χ0) is 24.5. The highest BCUT2D eigenvalue weighted by Crippen LogP contribution is 2.55. The third kappa shape index (κ3) is 3.87. The van der Waals surface area contributed by atoms with Crippen molar-refractivity contribution in [3.63, 3.8) is 0 Å². The Balaban J connectivity index is 0.00000228. The molecule has 1 aromatic carbocycles. The molecule has 3 atom stereocenters. The summed E-state index contributed by atoms with van der Waals surface area (Å²) in [5, 5.41) is 1.62. The van der Waals surface area contributed by atoms with Gasteiger partial charge in [0.1, 0.15) is 0 Å². The van der Waals surface area contributed by atoms with E-state index in [-0.39, 0.29) is 18.8 Å². The lowest BCUT2D eigenvalue weighted by Gasteiger charge is -2.70. The molecule has 0 saturated carbocycles. The van der Waals surface area contributed by atoms with Crippen molar-refractivity contribution < 1.29 is 18.5 Å². The zero-order valence-electron chi connectivity index (χ0n) is 25.8. The van der Waals surface area contributed by atoms with Gasteiger partial charge in [-0.2, -0.15) is 0 Å². The van der Waals surface area contributed by atoms with Crippen molar-refractivity contribution in [1.29, 1.82) is 0 Å². The van der Waals surface area contributed by atoms with Gasteiger partial charge in [-0.15, -0.1) is 0 Å². The van der Waals surface area contributed by atoms with E-state index in [1.165, 1.54) is 57.8 Å². The van der Waals surface area contributed by atoms with Gasteiger partial charge in [-0.25, -0.2) is 0 Å². The second kappa shape index (κ2) is 10.8. The molecule has 3 aliphatic rings. The fourth-order valence-electron chi connectivity index (χ4n) is 8.50. The van der Waals surface area contributed by atoms with E-state index in [0.717, 1.165) is 19.8 Å². The van der Waals surface area contributed by atoms with Crippen molar-refractivity contribution in [2.45, 2.75) is 112 Å². The molecule has 7 heteroatoms. The largest absolute Gasteiger partial charge is 1.00 e. The summed E-state index contributed by atoms with van der Waals surface area (Å²) >= 11 is 0. The predicted octanol–water partition coefficient (Wildman–Crippen LogP) is 5.19. The SMILES string of the molecule is C[SiH](C)C1([Si](c2ccccc2)(C2([SiH](C)C)CCCCO2)C2([SiH](C)C)CCCCO2)CCCCO1.[H+].[H+].[H+]. The van der Waals surface area contributed by atoms with Gasteiger partial charge in [-0.05, 0) is 57.8 Å². The topological polar surface area (TPSA) is 27.7 Å². The quantitative estimate of drug-likeness (QED) is 0.448. The number of benzene rings is 1. The van der Waals surface area contributed by atoms with Crippen molar-refractivity contribution in [1.82, 2.24) is 0 Å². The molecule has 1 aromatic rings. The highest BCUT2D eigenvalue weighted by atomic mass is 28.4. The molecule has 4 rings (SSSR count). The lowest BCUT2D eigenvalue weighted by atomic mass is 10.2. The Morgan fingerprint density at radius 2 is 0.941 bits per heavy atom. The lowest BCUT2D eigenvalue weighted by Crippen LogP contribution is -2.96. The normalized spacial score (nSPS) is 35.0. The molecule has 192 valence electrons. The molecule has 0 radical (unpaired) electrons. The third-order valence-corrected chi connectivity index (χ3v) is 32.1. The Kier molecular flexibility index (Phi) is 8.55. The van der Waals surface area contributed by atoms with Gasteiger partial charge < -0.3 is 14.2 Å². The molecule has 0 spiro atoms. The number of ether oxygens (including phenoxy) is 3. The monoisotopic (exact) mass is 537 g/mol. The average Bonchev–Trinajstić information content (AvgIpc) is 2.86. The molecule has 3 saturated heterocycles. The molecule has 3 nitrogen and oxygen atoms in total. The molecule has 34 heavy (non-hydrogen) atoms. The number of rotatable bonds is 7. The van der Waals surface area contributed by atoms with Crippen molar-refractivity contribution in [2.75, 3.05) is 19.8 Å². The molecule has 0 aliphatic carbocycles. The highest BCUT2D eigenvalue weighted by molar-refractivity contribution is 7.15. The van der Waals surface area contributed by atoms with E-state index in [4.69, 9.17) is 14.2 Å². The first kappa shape index (κ1) is 27.0. The van der Waals surface area contributed by atoms with Crippen LogP contribution < -0.4 is 5.19 Å². The zero-order valence-corrected chi connectivity index (χ0v) is 27.3. The van der Waals surface area contributed by atoms with E-state index in [1.54, 1.807) is 5.19 Å². The van der Waals surface area contributed by atoms with Gasteiger partial charge in [0, 0.05) is 19.8 Å². The number of hydrogen-bond acceptors (Lipinski definition) is 3. The first-order chi connectivity index (χ1) is 16.3. The fourth-order valence-corrected chi connectivity index (χ4v) is 36.9. The van der Waals surface area contributed by atoms with Gasteiger partial charge in [-0.3, -0.25) is 0 Å².